The Morgan fingerprint density at radius 3 is 2.38 bits per heavy atom. The fourth-order valence-corrected chi connectivity index (χ4v) is 4.09. The SMILES string of the molecule is O=C(CSc1nccnc1Sc1ccccc1)NCc1ccc(Br)cc1. The van der Waals surface area contributed by atoms with Gasteiger partial charge in [0, 0.05) is 28.3 Å². The number of nitrogens with zero attached hydrogens (tertiary/aromatic N) is 2. The van der Waals surface area contributed by atoms with E-state index in [1.165, 1.54) is 11.8 Å². The molecule has 1 aromatic heterocycles. The minimum atomic E-state index is -0.0285. The third kappa shape index (κ3) is 5.86. The van der Waals surface area contributed by atoms with Crippen molar-refractivity contribution in [2.75, 3.05) is 5.75 Å². The maximum Gasteiger partial charge on any atom is 0.230 e. The van der Waals surface area contributed by atoms with Crippen molar-refractivity contribution in [2.24, 2.45) is 0 Å². The second-order valence-corrected chi connectivity index (χ2v) is 8.22. The lowest BCUT2D eigenvalue weighted by Crippen LogP contribution is -2.24. The van der Waals surface area contributed by atoms with E-state index in [0.717, 1.165) is 25.0 Å². The number of hydrogen-bond acceptors (Lipinski definition) is 5. The predicted molar refractivity (Wildman–Crippen MR) is 109 cm³/mol. The Labute approximate surface area is 169 Å². The highest BCUT2D eigenvalue weighted by atomic mass is 79.9. The predicted octanol–water partition coefficient (Wildman–Crippen LogP) is 4.80. The molecule has 0 saturated heterocycles. The largest absolute Gasteiger partial charge is 0.351 e. The van der Waals surface area contributed by atoms with Gasteiger partial charge in [-0.2, -0.15) is 0 Å². The van der Waals surface area contributed by atoms with Gasteiger partial charge in [0.25, 0.3) is 0 Å². The Balaban J connectivity index is 1.54. The summed E-state index contributed by atoms with van der Waals surface area (Å²) < 4.78 is 1.02. The number of carbonyl (C=O) groups is 1. The van der Waals surface area contributed by atoms with Gasteiger partial charge in [-0.15, -0.1) is 0 Å². The van der Waals surface area contributed by atoms with Gasteiger partial charge in [0.05, 0.1) is 5.75 Å². The molecule has 0 atom stereocenters. The molecule has 1 amide bonds. The molecule has 0 aliphatic heterocycles. The fraction of sp³-hybridized carbons (Fsp3) is 0.105. The zero-order chi connectivity index (χ0) is 18.2. The molecule has 2 aromatic carbocycles. The summed E-state index contributed by atoms with van der Waals surface area (Å²) in [6, 6.07) is 17.9. The summed E-state index contributed by atoms with van der Waals surface area (Å²) >= 11 is 6.35. The van der Waals surface area contributed by atoms with Crippen molar-refractivity contribution in [1.82, 2.24) is 15.3 Å². The monoisotopic (exact) mass is 445 g/mol. The van der Waals surface area contributed by atoms with E-state index in [0.29, 0.717) is 12.3 Å². The highest BCUT2D eigenvalue weighted by molar-refractivity contribution is 9.10. The molecule has 0 unspecified atom stereocenters. The van der Waals surface area contributed by atoms with Gasteiger partial charge in [0.15, 0.2) is 0 Å². The molecule has 26 heavy (non-hydrogen) atoms. The van der Waals surface area contributed by atoms with Crippen LogP contribution in [0, 0.1) is 0 Å². The molecule has 1 N–H and O–H groups in total. The number of hydrogen-bond donors (Lipinski definition) is 1. The van der Waals surface area contributed by atoms with Crippen LogP contribution in [0.2, 0.25) is 0 Å². The number of carbonyl (C=O) groups excluding carboxylic acids is 1. The molecule has 0 bridgehead atoms. The first-order valence-electron chi connectivity index (χ1n) is 7.88. The zero-order valence-corrected chi connectivity index (χ0v) is 17.0. The molecule has 0 saturated carbocycles. The minimum Gasteiger partial charge on any atom is -0.351 e. The van der Waals surface area contributed by atoms with E-state index in [-0.39, 0.29) is 5.91 Å². The normalized spacial score (nSPS) is 10.5. The Morgan fingerprint density at radius 1 is 0.962 bits per heavy atom. The topological polar surface area (TPSA) is 54.9 Å². The van der Waals surface area contributed by atoms with E-state index in [1.54, 1.807) is 24.2 Å². The van der Waals surface area contributed by atoms with Gasteiger partial charge in [-0.1, -0.05) is 69.8 Å². The minimum absolute atomic E-state index is 0.0285. The number of aromatic nitrogens is 2. The summed E-state index contributed by atoms with van der Waals surface area (Å²) in [6.45, 7) is 0.513. The van der Waals surface area contributed by atoms with Gasteiger partial charge in [0.1, 0.15) is 10.1 Å². The number of rotatable bonds is 7. The number of nitrogens with one attached hydrogen (secondary N) is 1. The molecular weight excluding hydrogens is 430 g/mol. The van der Waals surface area contributed by atoms with E-state index >= 15 is 0 Å². The third-order valence-corrected chi connectivity index (χ3v) is 5.97. The summed E-state index contributed by atoms with van der Waals surface area (Å²) in [7, 11) is 0. The molecule has 1 heterocycles. The van der Waals surface area contributed by atoms with Crippen molar-refractivity contribution in [2.45, 2.75) is 21.5 Å². The first kappa shape index (κ1) is 18.9. The first-order valence-corrected chi connectivity index (χ1v) is 10.5. The van der Waals surface area contributed by atoms with Crippen molar-refractivity contribution in [1.29, 1.82) is 0 Å². The molecule has 0 radical (unpaired) electrons. The average Bonchev–Trinajstić information content (AvgIpc) is 2.68. The quantitative estimate of drug-likeness (QED) is 0.529. The van der Waals surface area contributed by atoms with Crippen LogP contribution in [0.15, 0.2) is 86.4 Å². The Hall–Kier alpha value is -1.83. The summed E-state index contributed by atoms with van der Waals surface area (Å²) in [5, 5.41) is 4.50. The first-order chi connectivity index (χ1) is 12.7. The van der Waals surface area contributed by atoms with Crippen molar-refractivity contribution in [3.05, 3.63) is 77.0 Å². The summed E-state index contributed by atoms with van der Waals surface area (Å²) in [5.74, 6) is 0.275. The van der Waals surface area contributed by atoms with Crippen LogP contribution in [0.1, 0.15) is 5.56 Å². The van der Waals surface area contributed by atoms with Crippen LogP contribution < -0.4 is 5.32 Å². The van der Waals surface area contributed by atoms with Crippen molar-refractivity contribution >= 4 is 45.4 Å². The highest BCUT2D eigenvalue weighted by Gasteiger charge is 2.10. The lowest BCUT2D eigenvalue weighted by atomic mass is 10.2. The molecule has 0 spiro atoms. The number of thioether (sulfide) groups is 1. The molecule has 0 fully saturated rings. The summed E-state index contributed by atoms with van der Waals surface area (Å²) in [6.07, 6.45) is 3.32. The van der Waals surface area contributed by atoms with E-state index in [2.05, 4.69) is 31.2 Å². The van der Waals surface area contributed by atoms with Crippen molar-refractivity contribution in [3.63, 3.8) is 0 Å². The highest BCUT2D eigenvalue weighted by Crippen LogP contribution is 2.32. The van der Waals surface area contributed by atoms with Gasteiger partial charge in [0.2, 0.25) is 5.91 Å². The molecule has 3 rings (SSSR count). The van der Waals surface area contributed by atoms with Gasteiger partial charge in [-0.3, -0.25) is 4.79 Å². The maximum atomic E-state index is 12.1. The molecule has 0 aliphatic rings. The third-order valence-electron chi connectivity index (χ3n) is 3.33. The Bertz CT molecular complexity index is 860. The number of benzene rings is 2. The van der Waals surface area contributed by atoms with E-state index in [4.69, 9.17) is 0 Å². The zero-order valence-electron chi connectivity index (χ0n) is 13.8. The molecular formula is C19H16BrN3OS2. The second kappa shape index (κ2) is 9.75. The van der Waals surface area contributed by atoms with Crippen LogP contribution in [0.25, 0.3) is 0 Å². The van der Waals surface area contributed by atoms with Gasteiger partial charge in [-0.25, -0.2) is 9.97 Å². The van der Waals surface area contributed by atoms with E-state index in [9.17, 15) is 4.79 Å². The molecule has 4 nitrogen and oxygen atoms in total. The van der Waals surface area contributed by atoms with Crippen LogP contribution in [-0.4, -0.2) is 21.6 Å². The van der Waals surface area contributed by atoms with Gasteiger partial charge >= 0.3 is 0 Å². The van der Waals surface area contributed by atoms with Gasteiger partial charge < -0.3 is 5.32 Å². The summed E-state index contributed by atoms with van der Waals surface area (Å²) in [4.78, 5) is 22.0. The maximum absolute atomic E-state index is 12.1. The summed E-state index contributed by atoms with van der Waals surface area (Å²) in [5.41, 5.74) is 1.06. The number of amides is 1. The Kier molecular flexibility index (Phi) is 7.11. The second-order valence-electron chi connectivity index (χ2n) is 5.27. The average molecular weight is 446 g/mol. The standard InChI is InChI=1S/C19H16BrN3OS2/c20-15-8-6-14(7-9-15)12-23-17(24)13-25-18-19(22-11-10-21-18)26-16-4-2-1-3-5-16/h1-11H,12-13H2,(H,23,24). The van der Waals surface area contributed by atoms with Gasteiger partial charge in [-0.05, 0) is 29.8 Å². The van der Waals surface area contributed by atoms with Crippen LogP contribution in [0.4, 0.5) is 0 Å². The van der Waals surface area contributed by atoms with Crippen LogP contribution >= 0.6 is 39.5 Å². The molecule has 0 aliphatic carbocycles. The lowest BCUT2D eigenvalue weighted by molar-refractivity contribution is -0.118. The van der Waals surface area contributed by atoms with Crippen LogP contribution in [0.3, 0.4) is 0 Å². The van der Waals surface area contributed by atoms with Crippen LogP contribution in [-0.2, 0) is 11.3 Å². The Morgan fingerprint density at radius 2 is 1.65 bits per heavy atom. The van der Waals surface area contributed by atoms with E-state index < -0.39 is 0 Å². The smallest absolute Gasteiger partial charge is 0.230 e. The molecule has 7 heteroatoms. The molecule has 3 aromatic rings. The van der Waals surface area contributed by atoms with E-state index in [1.807, 2.05) is 54.6 Å². The van der Waals surface area contributed by atoms with Crippen molar-refractivity contribution < 1.29 is 4.79 Å². The molecule has 132 valence electrons. The van der Waals surface area contributed by atoms with Crippen LogP contribution in [0.5, 0.6) is 0 Å². The fourth-order valence-electron chi connectivity index (χ4n) is 2.07. The van der Waals surface area contributed by atoms with Crippen molar-refractivity contribution in [3.8, 4) is 0 Å². The lowest BCUT2D eigenvalue weighted by Gasteiger charge is -2.08. The number of halogens is 1.